The Hall–Kier alpha value is -6.36. The lowest BCUT2D eigenvalue weighted by molar-refractivity contribution is 0.414. The fourth-order valence-electron chi connectivity index (χ4n) is 6.21. The highest BCUT2D eigenvalue weighted by Crippen LogP contribution is 2.41. The van der Waals surface area contributed by atoms with Crippen LogP contribution in [0.3, 0.4) is 0 Å². The average Bonchev–Trinajstić information content (AvgIpc) is 3.83. The molecule has 0 spiro atoms. The van der Waals surface area contributed by atoms with Crippen LogP contribution in [0.2, 0.25) is 0 Å². The summed E-state index contributed by atoms with van der Waals surface area (Å²) in [6.07, 6.45) is 0. The van der Waals surface area contributed by atoms with Crippen molar-refractivity contribution in [2.75, 3.05) is 38.2 Å². The molecule has 6 aromatic carbocycles. The number of anilines is 6. The maximum atomic E-state index is 5.41. The van der Waals surface area contributed by atoms with Crippen molar-refractivity contribution in [1.82, 2.24) is 9.97 Å². The molecule has 0 atom stereocenters. The topological polar surface area (TPSA) is 69.2 Å². The monoisotopic (exact) mass is 748 g/mol. The van der Waals surface area contributed by atoms with Gasteiger partial charge in [0.2, 0.25) is 0 Å². The predicted octanol–water partition coefficient (Wildman–Crippen LogP) is 12.1. The second-order valence-corrected chi connectivity index (χ2v) is 14.2. The maximum absolute atomic E-state index is 5.41. The second-order valence-electron chi connectivity index (χ2n) is 12.2. The molecule has 8 aromatic rings. The first-order chi connectivity index (χ1) is 26.5. The number of thiazole rings is 2. The molecule has 0 aliphatic rings. The second kappa shape index (κ2) is 15.3. The van der Waals surface area contributed by atoms with E-state index in [0.717, 1.165) is 87.9 Å². The van der Waals surface area contributed by atoms with E-state index in [4.69, 9.17) is 28.9 Å². The Kier molecular flexibility index (Phi) is 9.85. The molecule has 8 rings (SSSR count). The van der Waals surface area contributed by atoms with Gasteiger partial charge in [-0.25, -0.2) is 9.97 Å². The average molecular weight is 749 g/mol. The Morgan fingerprint density at radius 2 is 0.556 bits per heavy atom. The summed E-state index contributed by atoms with van der Waals surface area (Å²) in [6.45, 7) is 0. The molecule has 0 saturated heterocycles. The zero-order chi connectivity index (χ0) is 37.0. The molecule has 0 saturated carbocycles. The van der Waals surface area contributed by atoms with Crippen molar-refractivity contribution in [3.05, 3.63) is 146 Å². The summed E-state index contributed by atoms with van der Waals surface area (Å²) >= 11 is 3.22. The highest BCUT2D eigenvalue weighted by molar-refractivity contribution is 7.29. The fraction of sp³-hybridized carbons (Fsp3) is 0.0909. The van der Waals surface area contributed by atoms with E-state index in [2.05, 4.69) is 107 Å². The first-order valence-electron chi connectivity index (χ1n) is 17.2. The number of methoxy groups -OCH3 is 4. The van der Waals surface area contributed by atoms with Gasteiger partial charge in [-0.1, -0.05) is 22.7 Å². The van der Waals surface area contributed by atoms with E-state index < -0.39 is 0 Å². The van der Waals surface area contributed by atoms with Crippen LogP contribution in [0.15, 0.2) is 146 Å². The van der Waals surface area contributed by atoms with Crippen molar-refractivity contribution in [1.29, 1.82) is 0 Å². The molecule has 54 heavy (non-hydrogen) atoms. The van der Waals surface area contributed by atoms with Gasteiger partial charge < -0.3 is 28.7 Å². The number of ether oxygens (including phenoxy) is 4. The van der Waals surface area contributed by atoms with Crippen LogP contribution in [0.4, 0.5) is 34.1 Å². The van der Waals surface area contributed by atoms with Crippen LogP contribution in [0, 0.1) is 0 Å². The summed E-state index contributed by atoms with van der Waals surface area (Å²) in [6, 6.07) is 49.2. The number of hydrogen-bond donors (Lipinski definition) is 0. The van der Waals surface area contributed by atoms with Gasteiger partial charge in [-0.05, 0) is 146 Å². The molecule has 0 aliphatic heterocycles. The fourth-order valence-corrected chi connectivity index (χ4v) is 8.27. The third kappa shape index (κ3) is 7.04. The van der Waals surface area contributed by atoms with Gasteiger partial charge in [-0.15, -0.1) is 0 Å². The molecule has 0 fully saturated rings. The van der Waals surface area contributed by atoms with Crippen molar-refractivity contribution in [2.24, 2.45) is 0 Å². The third-order valence-corrected chi connectivity index (χ3v) is 11.2. The molecular formula is C44H36N4O4S2. The van der Waals surface area contributed by atoms with Gasteiger partial charge in [0, 0.05) is 45.3 Å². The zero-order valence-electron chi connectivity index (χ0n) is 30.1. The third-order valence-electron chi connectivity index (χ3n) is 9.04. The first-order valence-corrected chi connectivity index (χ1v) is 18.8. The Morgan fingerprint density at radius 1 is 0.333 bits per heavy atom. The van der Waals surface area contributed by atoms with Gasteiger partial charge in [0.25, 0.3) is 0 Å². The van der Waals surface area contributed by atoms with Crippen LogP contribution in [0.5, 0.6) is 23.0 Å². The molecule has 0 aliphatic carbocycles. The number of fused-ring (bicyclic) bond motifs is 1. The van der Waals surface area contributed by atoms with Crippen LogP contribution in [0.1, 0.15) is 0 Å². The van der Waals surface area contributed by atoms with Crippen LogP contribution in [-0.4, -0.2) is 38.4 Å². The minimum Gasteiger partial charge on any atom is -0.497 e. The molecule has 8 nitrogen and oxygen atoms in total. The number of hydrogen-bond acceptors (Lipinski definition) is 10. The molecule has 0 bridgehead atoms. The van der Waals surface area contributed by atoms with Crippen LogP contribution >= 0.6 is 22.7 Å². The van der Waals surface area contributed by atoms with Gasteiger partial charge in [0.15, 0.2) is 9.66 Å². The van der Waals surface area contributed by atoms with E-state index in [-0.39, 0.29) is 0 Å². The van der Waals surface area contributed by atoms with Crippen LogP contribution in [0.25, 0.3) is 30.8 Å². The highest BCUT2D eigenvalue weighted by Gasteiger charge is 2.18. The minimum absolute atomic E-state index is 0.808. The lowest BCUT2D eigenvalue weighted by Crippen LogP contribution is -2.09. The largest absolute Gasteiger partial charge is 0.497 e. The van der Waals surface area contributed by atoms with E-state index in [0.29, 0.717) is 0 Å². The summed E-state index contributed by atoms with van der Waals surface area (Å²) in [5.41, 5.74) is 8.19. The molecule has 2 heterocycles. The van der Waals surface area contributed by atoms with E-state index in [1.807, 2.05) is 48.5 Å². The molecule has 10 heteroatoms. The summed E-state index contributed by atoms with van der Waals surface area (Å²) < 4.78 is 21.6. The van der Waals surface area contributed by atoms with Crippen molar-refractivity contribution in [3.63, 3.8) is 0 Å². The SMILES string of the molecule is COc1ccc(N(c2ccc(OC)cc2)c2ccc(-c3nc4sc(-c5ccc(N(c6ccc(OC)cc6)c6ccc(OC)cc6)cc5)nc4s3)cc2)cc1. The molecule has 268 valence electrons. The molecule has 0 unspecified atom stereocenters. The van der Waals surface area contributed by atoms with E-state index in [9.17, 15) is 0 Å². The number of aromatic nitrogens is 2. The Bertz CT molecular complexity index is 2160. The van der Waals surface area contributed by atoms with Gasteiger partial charge >= 0.3 is 0 Å². The van der Waals surface area contributed by atoms with Crippen LogP contribution in [-0.2, 0) is 0 Å². The van der Waals surface area contributed by atoms with Gasteiger partial charge in [0.1, 0.15) is 33.0 Å². The van der Waals surface area contributed by atoms with Crippen molar-refractivity contribution >= 4 is 66.5 Å². The lowest BCUT2D eigenvalue weighted by Gasteiger charge is -2.26. The molecular weight excluding hydrogens is 713 g/mol. The molecule has 2 aromatic heterocycles. The summed E-state index contributed by atoms with van der Waals surface area (Å²) in [5, 5.41) is 1.87. The van der Waals surface area contributed by atoms with Crippen molar-refractivity contribution in [2.45, 2.75) is 0 Å². The van der Waals surface area contributed by atoms with Gasteiger partial charge in [-0.3, -0.25) is 0 Å². The van der Waals surface area contributed by atoms with Crippen molar-refractivity contribution in [3.8, 4) is 44.1 Å². The lowest BCUT2D eigenvalue weighted by atomic mass is 10.1. The normalized spacial score (nSPS) is 11.0. The molecule has 0 N–H and O–H groups in total. The quantitative estimate of drug-likeness (QED) is 0.122. The van der Waals surface area contributed by atoms with E-state index in [1.165, 1.54) is 0 Å². The zero-order valence-corrected chi connectivity index (χ0v) is 31.7. The van der Waals surface area contributed by atoms with E-state index in [1.54, 1.807) is 51.1 Å². The predicted molar refractivity (Wildman–Crippen MR) is 222 cm³/mol. The Labute approximate surface area is 322 Å². The Morgan fingerprint density at radius 3 is 0.778 bits per heavy atom. The summed E-state index contributed by atoms with van der Waals surface area (Å²) in [4.78, 5) is 16.3. The maximum Gasteiger partial charge on any atom is 0.155 e. The van der Waals surface area contributed by atoms with Gasteiger partial charge in [-0.2, -0.15) is 0 Å². The molecule has 0 radical (unpaired) electrons. The summed E-state index contributed by atoms with van der Waals surface area (Å²) in [7, 11) is 6.70. The number of nitrogens with zero attached hydrogens (tertiary/aromatic N) is 4. The van der Waals surface area contributed by atoms with Crippen LogP contribution < -0.4 is 28.7 Å². The standard InChI is InChI=1S/C44H36N4O4S2/c1-49-37-21-13-33(14-22-37)47(34-15-23-38(50-2)24-16-34)31-9-5-29(6-10-31)41-45-43-44(53-41)46-42(54-43)30-7-11-32(12-8-30)48(35-17-25-39(51-3)26-18-35)36-19-27-40(52-4)28-20-36/h5-28H,1-4H3. The number of benzene rings is 6. The highest BCUT2D eigenvalue weighted by atomic mass is 32.1. The van der Waals surface area contributed by atoms with Crippen molar-refractivity contribution < 1.29 is 18.9 Å². The summed E-state index contributed by atoms with van der Waals surface area (Å²) in [5.74, 6) is 3.23. The van der Waals surface area contributed by atoms with Gasteiger partial charge in [0.05, 0.1) is 28.4 Å². The minimum atomic E-state index is 0.808. The number of rotatable bonds is 12. The van der Waals surface area contributed by atoms with E-state index >= 15 is 0 Å². The first kappa shape index (κ1) is 34.7. The Balaban J connectivity index is 1.04. The smallest absolute Gasteiger partial charge is 0.155 e. The molecule has 0 amide bonds.